The van der Waals surface area contributed by atoms with Crippen molar-refractivity contribution in [2.45, 2.75) is 19.4 Å². The fourth-order valence-electron chi connectivity index (χ4n) is 1.84. The van der Waals surface area contributed by atoms with Crippen LogP contribution in [-0.2, 0) is 4.79 Å². The summed E-state index contributed by atoms with van der Waals surface area (Å²) >= 11 is 0. The van der Waals surface area contributed by atoms with Crippen LogP contribution in [0.5, 0.6) is 0 Å². The van der Waals surface area contributed by atoms with Gasteiger partial charge >= 0.3 is 0 Å². The van der Waals surface area contributed by atoms with E-state index in [4.69, 9.17) is 10.8 Å². The minimum atomic E-state index is -0.408. The lowest BCUT2D eigenvalue weighted by atomic mass is 10.3. The summed E-state index contributed by atoms with van der Waals surface area (Å²) in [6, 6.07) is -0.408. The largest absolute Gasteiger partial charge is 0.395 e. The normalized spacial score (nSPS) is 21.1. The standard InChI is InChI=1S/C10H21N3O2/c1-9(11)10(15)13-4-2-3-12(5-6-13)7-8-14/h9,14H,2-8,11H2,1H3/t9-/m0/s1. The molecule has 1 saturated heterocycles. The fraction of sp³-hybridized carbons (Fsp3) is 0.900. The van der Waals surface area contributed by atoms with Crippen LogP contribution in [0.4, 0.5) is 0 Å². The first-order valence-electron chi connectivity index (χ1n) is 5.52. The zero-order valence-electron chi connectivity index (χ0n) is 9.35. The van der Waals surface area contributed by atoms with Gasteiger partial charge in [0.15, 0.2) is 0 Å². The third kappa shape index (κ3) is 3.77. The lowest BCUT2D eigenvalue weighted by Gasteiger charge is -2.23. The zero-order chi connectivity index (χ0) is 11.3. The van der Waals surface area contributed by atoms with Crippen molar-refractivity contribution in [3.05, 3.63) is 0 Å². The molecule has 5 nitrogen and oxygen atoms in total. The topological polar surface area (TPSA) is 69.8 Å². The lowest BCUT2D eigenvalue weighted by molar-refractivity contribution is -0.132. The zero-order valence-corrected chi connectivity index (χ0v) is 9.35. The van der Waals surface area contributed by atoms with Crippen LogP contribution >= 0.6 is 0 Å². The minimum Gasteiger partial charge on any atom is -0.395 e. The van der Waals surface area contributed by atoms with E-state index in [0.717, 1.165) is 32.6 Å². The SMILES string of the molecule is C[C@H](N)C(=O)N1CCCN(CCO)CC1. The average molecular weight is 215 g/mol. The second kappa shape index (κ2) is 6.05. The van der Waals surface area contributed by atoms with Crippen LogP contribution in [0, 0.1) is 0 Å². The van der Waals surface area contributed by atoms with Crippen LogP contribution in [0.1, 0.15) is 13.3 Å². The van der Waals surface area contributed by atoms with Crippen LogP contribution in [0.3, 0.4) is 0 Å². The quantitative estimate of drug-likeness (QED) is 0.624. The summed E-state index contributed by atoms with van der Waals surface area (Å²) in [4.78, 5) is 15.6. The Bertz CT molecular complexity index is 209. The van der Waals surface area contributed by atoms with Crippen molar-refractivity contribution in [1.29, 1.82) is 0 Å². The number of nitrogens with two attached hydrogens (primary N) is 1. The van der Waals surface area contributed by atoms with Gasteiger partial charge in [-0.05, 0) is 19.9 Å². The van der Waals surface area contributed by atoms with Gasteiger partial charge in [-0.3, -0.25) is 9.69 Å². The highest BCUT2D eigenvalue weighted by molar-refractivity contribution is 5.81. The number of aliphatic hydroxyl groups is 1. The van der Waals surface area contributed by atoms with Crippen LogP contribution in [0.2, 0.25) is 0 Å². The monoisotopic (exact) mass is 215 g/mol. The molecule has 1 amide bonds. The van der Waals surface area contributed by atoms with E-state index in [1.165, 1.54) is 0 Å². The maximum atomic E-state index is 11.6. The first kappa shape index (κ1) is 12.4. The summed E-state index contributed by atoms with van der Waals surface area (Å²) in [5, 5.41) is 8.83. The third-order valence-corrected chi connectivity index (χ3v) is 2.71. The van der Waals surface area contributed by atoms with Gasteiger partial charge in [0.25, 0.3) is 0 Å². The molecule has 1 aliphatic heterocycles. The number of hydrogen-bond donors (Lipinski definition) is 2. The van der Waals surface area contributed by atoms with Crippen molar-refractivity contribution in [2.75, 3.05) is 39.3 Å². The molecule has 88 valence electrons. The molecule has 0 spiro atoms. The number of aliphatic hydroxyl groups excluding tert-OH is 1. The molecule has 0 radical (unpaired) electrons. The molecule has 0 aliphatic carbocycles. The Morgan fingerprint density at radius 2 is 2.13 bits per heavy atom. The molecule has 1 aliphatic rings. The number of nitrogens with zero attached hydrogens (tertiary/aromatic N) is 2. The molecule has 1 heterocycles. The van der Waals surface area contributed by atoms with Crippen LogP contribution in [0.25, 0.3) is 0 Å². The highest BCUT2D eigenvalue weighted by atomic mass is 16.3. The molecule has 0 saturated carbocycles. The molecule has 0 aromatic carbocycles. The predicted molar refractivity (Wildman–Crippen MR) is 58.4 cm³/mol. The van der Waals surface area contributed by atoms with E-state index in [0.29, 0.717) is 6.54 Å². The van der Waals surface area contributed by atoms with Crippen molar-refractivity contribution in [2.24, 2.45) is 5.73 Å². The Balaban J connectivity index is 2.42. The predicted octanol–water partition coefficient (Wildman–Crippen LogP) is -1.14. The molecule has 1 fully saturated rings. The number of carbonyl (C=O) groups excluding carboxylic acids is 1. The first-order valence-corrected chi connectivity index (χ1v) is 5.52. The van der Waals surface area contributed by atoms with Gasteiger partial charge in [0, 0.05) is 26.2 Å². The molecule has 3 N–H and O–H groups in total. The number of β-amino-alcohol motifs (C(OH)–C–C–N with tert-alkyl or cyclic N) is 1. The van der Waals surface area contributed by atoms with Crippen LogP contribution in [-0.4, -0.2) is 66.2 Å². The van der Waals surface area contributed by atoms with E-state index in [-0.39, 0.29) is 12.5 Å². The third-order valence-electron chi connectivity index (χ3n) is 2.71. The molecule has 15 heavy (non-hydrogen) atoms. The van der Waals surface area contributed by atoms with Crippen molar-refractivity contribution in [3.8, 4) is 0 Å². The molecule has 5 heteroatoms. The van der Waals surface area contributed by atoms with Gasteiger partial charge < -0.3 is 15.7 Å². The molecule has 0 aromatic rings. The van der Waals surface area contributed by atoms with Gasteiger partial charge in [-0.2, -0.15) is 0 Å². The first-order chi connectivity index (χ1) is 7.15. The van der Waals surface area contributed by atoms with Crippen molar-refractivity contribution in [1.82, 2.24) is 9.80 Å². The molecule has 0 bridgehead atoms. The summed E-state index contributed by atoms with van der Waals surface area (Å²) in [6.45, 7) is 5.88. The van der Waals surface area contributed by atoms with E-state index in [1.807, 2.05) is 4.90 Å². The smallest absolute Gasteiger partial charge is 0.239 e. The van der Waals surface area contributed by atoms with E-state index < -0.39 is 6.04 Å². The lowest BCUT2D eigenvalue weighted by Crippen LogP contribution is -2.43. The van der Waals surface area contributed by atoms with E-state index in [9.17, 15) is 4.79 Å². The maximum Gasteiger partial charge on any atom is 0.239 e. The fourth-order valence-corrected chi connectivity index (χ4v) is 1.84. The summed E-state index contributed by atoms with van der Waals surface area (Å²) in [7, 11) is 0. The van der Waals surface area contributed by atoms with Gasteiger partial charge in [0.2, 0.25) is 5.91 Å². The van der Waals surface area contributed by atoms with Crippen LogP contribution in [0.15, 0.2) is 0 Å². The van der Waals surface area contributed by atoms with Gasteiger partial charge in [-0.15, -0.1) is 0 Å². The maximum absolute atomic E-state index is 11.6. The number of amides is 1. The number of hydrogen-bond acceptors (Lipinski definition) is 4. The van der Waals surface area contributed by atoms with Gasteiger partial charge in [0.05, 0.1) is 12.6 Å². The summed E-state index contributed by atoms with van der Waals surface area (Å²) in [5.41, 5.74) is 5.57. The van der Waals surface area contributed by atoms with Crippen LogP contribution < -0.4 is 5.73 Å². The second-order valence-corrected chi connectivity index (χ2v) is 4.03. The van der Waals surface area contributed by atoms with E-state index in [2.05, 4.69) is 4.90 Å². The minimum absolute atomic E-state index is 0.0286. The Kier molecular flexibility index (Phi) is 5.01. The number of carbonyl (C=O) groups is 1. The summed E-state index contributed by atoms with van der Waals surface area (Å²) < 4.78 is 0. The molecular weight excluding hydrogens is 194 g/mol. The van der Waals surface area contributed by atoms with E-state index in [1.54, 1.807) is 6.92 Å². The van der Waals surface area contributed by atoms with Gasteiger partial charge in [-0.1, -0.05) is 0 Å². The Morgan fingerprint density at radius 1 is 1.40 bits per heavy atom. The average Bonchev–Trinajstić information content (AvgIpc) is 2.43. The summed E-state index contributed by atoms with van der Waals surface area (Å²) in [5.74, 6) is 0.0286. The van der Waals surface area contributed by atoms with Crippen molar-refractivity contribution >= 4 is 5.91 Å². The van der Waals surface area contributed by atoms with Gasteiger partial charge in [0.1, 0.15) is 0 Å². The Labute approximate surface area is 90.8 Å². The number of rotatable bonds is 3. The summed E-state index contributed by atoms with van der Waals surface area (Å²) in [6.07, 6.45) is 0.957. The Hall–Kier alpha value is -0.650. The Morgan fingerprint density at radius 3 is 2.73 bits per heavy atom. The molecule has 1 rings (SSSR count). The molecule has 1 atom stereocenters. The van der Waals surface area contributed by atoms with Crippen molar-refractivity contribution in [3.63, 3.8) is 0 Å². The van der Waals surface area contributed by atoms with E-state index >= 15 is 0 Å². The molecule has 0 aromatic heterocycles. The highest BCUT2D eigenvalue weighted by Crippen LogP contribution is 2.04. The molecule has 0 unspecified atom stereocenters. The van der Waals surface area contributed by atoms with Crippen molar-refractivity contribution < 1.29 is 9.90 Å². The molecular formula is C10H21N3O2. The highest BCUT2D eigenvalue weighted by Gasteiger charge is 2.20. The van der Waals surface area contributed by atoms with Gasteiger partial charge in [-0.25, -0.2) is 0 Å². The second-order valence-electron chi connectivity index (χ2n) is 4.03.